The van der Waals surface area contributed by atoms with Gasteiger partial charge in [-0.25, -0.2) is 0 Å². The number of halogens is 1. The Bertz CT molecular complexity index is 373. The molecule has 100 valence electrons. The molecule has 0 N–H and O–H groups in total. The summed E-state index contributed by atoms with van der Waals surface area (Å²) < 4.78 is 1.18. The van der Waals surface area contributed by atoms with Gasteiger partial charge in [0.05, 0.1) is 0 Å². The normalized spacial score (nSPS) is 19.9. The van der Waals surface area contributed by atoms with Crippen LogP contribution in [0.15, 0.2) is 28.7 Å². The third-order valence-electron chi connectivity index (χ3n) is 3.92. The van der Waals surface area contributed by atoms with Crippen LogP contribution in [-0.2, 0) is 6.54 Å². The van der Waals surface area contributed by atoms with Crippen LogP contribution in [0.4, 0.5) is 0 Å². The van der Waals surface area contributed by atoms with Gasteiger partial charge in [-0.2, -0.15) is 0 Å². The van der Waals surface area contributed by atoms with Crippen LogP contribution in [0, 0.1) is 0 Å². The molecule has 0 aromatic heterocycles. The molecule has 0 spiro atoms. The summed E-state index contributed by atoms with van der Waals surface area (Å²) in [6, 6.07) is 9.38. The first-order valence-electron chi connectivity index (χ1n) is 6.90. The summed E-state index contributed by atoms with van der Waals surface area (Å²) >= 11 is 3.54. The second kappa shape index (κ2) is 6.69. The predicted molar refractivity (Wildman–Crippen MR) is 80.7 cm³/mol. The van der Waals surface area contributed by atoms with Crippen LogP contribution in [0.1, 0.15) is 25.8 Å². The van der Waals surface area contributed by atoms with Gasteiger partial charge in [0.1, 0.15) is 0 Å². The highest BCUT2D eigenvalue weighted by molar-refractivity contribution is 9.10. The molecule has 1 aromatic carbocycles. The number of piperazine rings is 1. The molecule has 1 atom stereocenters. The molecule has 0 bridgehead atoms. The van der Waals surface area contributed by atoms with Crippen molar-refractivity contribution in [3.05, 3.63) is 34.3 Å². The Morgan fingerprint density at radius 2 is 1.94 bits per heavy atom. The summed E-state index contributed by atoms with van der Waals surface area (Å²) in [6.45, 7) is 10.5. The Morgan fingerprint density at radius 3 is 2.56 bits per heavy atom. The lowest BCUT2D eigenvalue weighted by Gasteiger charge is -2.37. The van der Waals surface area contributed by atoms with Crippen LogP contribution in [0.3, 0.4) is 0 Å². The largest absolute Gasteiger partial charge is 0.298 e. The molecule has 1 saturated heterocycles. The summed E-state index contributed by atoms with van der Waals surface area (Å²) in [4.78, 5) is 5.16. The Labute approximate surface area is 119 Å². The molecule has 1 aliphatic heterocycles. The second-order valence-corrected chi connectivity index (χ2v) is 6.11. The number of nitrogens with zero attached hydrogens (tertiary/aromatic N) is 2. The van der Waals surface area contributed by atoms with E-state index >= 15 is 0 Å². The van der Waals surface area contributed by atoms with Crippen molar-refractivity contribution in [1.29, 1.82) is 0 Å². The molecular weight excluding hydrogens is 288 g/mol. The maximum absolute atomic E-state index is 3.54. The first kappa shape index (κ1) is 14.0. The van der Waals surface area contributed by atoms with Crippen molar-refractivity contribution in [1.82, 2.24) is 9.80 Å². The van der Waals surface area contributed by atoms with Gasteiger partial charge in [0.25, 0.3) is 0 Å². The molecule has 1 fully saturated rings. The fraction of sp³-hybridized carbons (Fsp3) is 0.600. The van der Waals surface area contributed by atoms with Crippen molar-refractivity contribution in [3.63, 3.8) is 0 Å². The van der Waals surface area contributed by atoms with E-state index < -0.39 is 0 Å². The molecule has 0 aliphatic carbocycles. The van der Waals surface area contributed by atoms with Crippen LogP contribution in [0.5, 0.6) is 0 Å². The smallest absolute Gasteiger partial charge is 0.0235 e. The molecule has 3 heteroatoms. The Morgan fingerprint density at radius 1 is 1.22 bits per heavy atom. The molecular formula is C15H23BrN2. The zero-order valence-electron chi connectivity index (χ0n) is 11.4. The number of rotatable bonds is 4. The lowest BCUT2D eigenvalue weighted by Crippen LogP contribution is -2.48. The monoisotopic (exact) mass is 310 g/mol. The van der Waals surface area contributed by atoms with Crippen LogP contribution in [0.2, 0.25) is 0 Å². The topological polar surface area (TPSA) is 6.48 Å². The van der Waals surface area contributed by atoms with Gasteiger partial charge in [0.15, 0.2) is 0 Å². The maximum atomic E-state index is 3.54. The number of benzene rings is 1. The van der Waals surface area contributed by atoms with E-state index in [1.54, 1.807) is 0 Å². The maximum Gasteiger partial charge on any atom is 0.0235 e. The van der Waals surface area contributed by atoms with Gasteiger partial charge in [0, 0.05) is 43.2 Å². The van der Waals surface area contributed by atoms with E-state index in [1.165, 1.54) is 42.6 Å². The molecule has 0 radical (unpaired) electrons. The van der Waals surface area contributed by atoms with Crippen molar-refractivity contribution in [2.75, 3.05) is 26.2 Å². The molecule has 0 saturated carbocycles. The molecule has 1 aliphatic rings. The molecule has 0 unspecified atom stereocenters. The Balaban J connectivity index is 1.83. The van der Waals surface area contributed by atoms with Gasteiger partial charge in [-0.3, -0.25) is 9.80 Å². The molecule has 2 rings (SSSR count). The van der Waals surface area contributed by atoms with Gasteiger partial charge < -0.3 is 0 Å². The standard InChI is InChI=1S/C15H23BrN2/c1-3-13(2)18-9-7-17(8-10-18)12-14-5-4-6-15(16)11-14/h4-6,11,13H,3,7-10,12H2,1-2H3/t13-/m1/s1. The Kier molecular flexibility index (Phi) is 5.22. The van der Waals surface area contributed by atoms with E-state index in [9.17, 15) is 0 Å². The summed E-state index contributed by atoms with van der Waals surface area (Å²) in [7, 11) is 0. The first-order valence-corrected chi connectivity index (χ1v) is 7.69. The van der Waals surface area contributed by atoms with E-state index in [2.05, 4.69) is 63.8 Å². The molecule has 1 aromatic rings. The van der Waals surface area contributed by atoms with Gasteiger partial charge in [-0.15, -0.1) is 0 Å². The highest BCUT2D eigenvalue weighted by Gasteiger charge is 2.19. The SMILES string of the molecule is CC[C@@H](C)N1CCN(Cc2cccc(Br)c2)CC1. The van der Waals surface area contributed by atoms with Crippen LogP contribution < -0.4 is 0 Å². The average molecular weight is 311 g/mol. The molecule has 1 heterocycles. The highest BCUT2D eigenvalue weighted by Crippen LogP contribution is 2.15. The van der Waals surface area contributed by atoms with E-state index in [4.69, 9.17) is 0 Å². The highest BCUT2D eigenvalue weighted by atomic mass is 79.9. The van der Waals surface area contributed by atoms with E-state index in [-0.39, 0.29) is 0 Å². The Hall–Kier alpha value is -0.380. The lowest BCUT2D eigenvalue weighted by molar-refractivity contribution is 0.0963. The average Bonchev–Trinajstić information content (AvgIpc) is 2.39. The molecule has 0 amide bonds. The third kappa shape index (κ3) is 3.81. The van der Waals surface area contributed by atoms with Crippen molar-refractivity contribution < 1.29 is 0 Å². The number of hydrogen-bond donors (Lipinski definition) is 0. The summed E-state index contributed by atoms with van der Waals surface area (Å²) in [5, 5.41) is 0. The van der Waals surface area contributed by atoms with E-state index in [1.807, 2.05) is 0 Å². The van der Waals surface area contributed by atoms with Crippen molar-refractivity contribution >= 4 is 15.9 Å². The minimum atomic E-state index is 0.734. The van der Waals surface area contributed by atoms with Crippen molar-refractivity contribution in [2.24, 2.45) is 0 Å². The first-order chi connectivity index (χ1) is 8.69. The van der Waals surface area contributed by atoms with E-state index in [0.29, 0.717) is 0 Å². The summed E-state index contributed by atoms with van der Waals surface area (Å²) in [6.07, 6.45) is 1.26. The van der Waals surface area contributed by atoms with Crippen LogP contribution in [-0.4, -0.2) is 42.0 Å². The van der Waals surface area contributed by atoms with Gasteiger partial charge in [0.2, 0.25) is 0 Å². The van der Waals surface area contributed by atoms with Crippen LogP contribution in [0.25, 0.3) is 0 Å². The molecule has 2 nitrogen and oxygen atoms in total. The van der Waals surface area contributed by atoms with Crippen LogP contribution >= 0.6 is 15.9 Å². The zero-order valence-corrected chi connectivity index (χ0v) is 13.0. The van der Waals surface area contributed by atoms with Crippen molar-refractivity contribution in [2.45, 2.75) is 32.9 Å². The summed E-state index contributed by atoms with van der Waals surface area (Å²) in [5.41, 5.74) is 1.40. The lowest BCUT2D eigenvalue weighted by atomic mass is 10.1. The van der Waals surface area contributed by atoms with Gasteiger partial charge in [-0.1, -0.05) is 35.0 Å². The second-order valence-electron chi connectivity index (χ2n) is 5.20. The fourth-order valence-electron chi connectivity index (χ4n) is 2.51. The fourth-order valence-corrected chi connectivity index (χ4v) is 2.96. The third-order valence-corrected chi connectivity index (χ3v) is 4.41. The molecule has 18 heavy (non-hydrogen) atoms. The number of hydrogen-bond acceptors (Lipinski definition) is 2. The van der Waals surface area contributed by atoms with Crippen molar-refractivity contribution in [3.8, 4) is 0 Å². The minimum Gasteiger partial charge on any atom is -0.298 e. The van der Waals surface area contributed by atoms with E-state index in [0.717, 1.165) is 12.6 Å². The predicted octanol–water partition coefficient (Wildman–Crippen LogP) is 3.37. The summed E-state index contributed by atoms with van der Waals surface area (Å²) in [5.74, 6) is 0. The minimum absolute atomic E-state index is 0.734. The zero-order chi connectivity index (χ0) is 13.0. The van der Waals surface area contributed by atoms with Gasteiger partial charge >= 0.3 is 0 Å². The van der Waals surface area contributed by atoms with Gasteiger partial charge in [-0.05, 0) is 31.0 Å². The quantitative estimate of drug-likeness (QED) is 0.841.